The van der Waals surface area contributed by atoms with Crippen LogP contribution in [0.15, 0.2) is 55.3 Å². The molecule has 0 amide bonds. The molecular formula is C14H10Br2N2OS. The highest BCUT2D eigenvalue weighted by Crippen LogP contribution is 2.32. The van der Waals surface area contributed by atoms with E-state index in [-0.39, 0.29) is 0 Å². The summed E-state index contributed by atoms with van der Waals surface area (Å²) in [6.07, 6.45) is 1.78. The van der Waals surface area contributed by atoms with Crippen LogP contribution in [0.5, 0.6) is 0 Å². The first-order valence-corrected chi connectivity index (χ1v) is 8.36. The summed E-state index contributed by atoms with van der Waals surface area (Å²) in [7, 11) is 0. The number of nitrogens with one attached hydrogen (secondary N) is 1. The predicted molar refractivity (Wildman–Crippen MR) is 89.0 cm³/mol. The minimum absolute atomic E-state index is 0.627. The number of aromatic nitrogens is 1. The molecule has 0 bridgehead atoms. The minimum Gasteiger partial charge on any atom is -0.459 e. The first kappa shape index (κ1) is 13.9. The van der Waals surface area contributed by atoms with Gasteiger partial charge in [-0.15, -0.1) is 11.3 Å². The molecular weight excluding hydrogens is 404 g/mol. The van der Waals surface area contributed by atoms with Gasteiger partial charge in [0, 0.05) is 26.1 Å². The van der Waals surface area contributed by atoms with Gasteiger partial charge in [-0.05, 0) is 46.3 Å². The Labute approximate surface area is 137 Å². The van der Waals surface area contributed by atoms with E-state index in [9.17, 15) is 0 Å². The van der Waals surface area contributed by atoms with Crippen LogP contribution in [0, 0.1) is 0 Å². The van der Waals surface area contributed by atoms with Gasteiger partial charge >= 0.3 is 0 Å². The van der Waals surface area contributed by atoms with Gasteiger partial charge in [-0.25, -0.2) is 4.98 Å². The Morgan fingerprint density at radius 1 is 1.20 bits per heavy atom. The van der Waals surface area contributed by atoms with Crippen LogP contribution in [0.4, 0.5) is 5.13 Å². The molecule has 0 aliphatic rings. The van der Waals surface area contributed by atoms with Crippen molar-refractivity contribution in [3.05, 3.63) is 56.6 Å². The maximum Gasteiger partial charge on any atom is 0.182 e. The Bertz CT molecular complexity index is 710. The first-order valence-electron chi connectivity index (χ1n) is 5.90. The Balaban J connectivity index is 1.76. The van der Waals surface area contributed by atoms with Crippen LogP contribution in [0.3, 0.4) is 0 Å². The second-order valence-electron chi connectivity index (χ2n) is 4.08. The van der Waals surface area contributed by atoms with E-state index in [1.54, 1.807) is 17.5 Å². The van der Waals surface area contributed by atoms with Gasteiger partial charge in [0.05, 0.1) is 6.54 Å². The number of halogens is 2. The molecule has 1 N–H and O–H groups in total. The number of rotatable bonds is 4. The molecule has 0 fully saturated rings. The molecule has 3 aromatic rings. The fourth-order valence-electron chi connectivity index (χ4n) is 1.78. The number of hydrogen-bond donors (Lipinski definition) is 1. The topological polar surface area (TPSA) is 38.1 Å². The summed E-state index contributed by atoms with van der Waals surface area (Å²) >= 11 is 8.57. The Kier molecular flexibility index (Phi) is 4.24. The fraction of sp³-hybridized carbons (Fsp3) is 0.0714. The first-order chi connectivity index (χ1) is 9.72. The number of benzene rings is 1. The lowest BCUT2D eigenvalue weighted by molar-refractivity contribution is 0.531. The standard InChI is InChI=1S/C14H10Br2N2OS/c15-9-1-3-11(12(16)7-9)13-4-2-10(19-13)8-18-14-17-5-6-20-14/h1-7H,8H2,(H,17,18). The molecule has 2 heterocycles. The lowest BCUT2D eigenvalue weighted by Crippen LogP contribution is -1.96. The molecule has 3 nitrogen and oxygen atoms in total. The quantitative estimate of drug-likeness (QED) is 0.610. The summed E-state index contributed by atoms with van der Waals surface area (Å²) < 4.78 is 7.89. The highest BCUT2D eigenvalue weighted by atomic mass is 79.9. The van der Waals surface area contributed by atoms with E-state index in [0.29, 0.717) is 6.54 Å². The van der Waals surface area contributed by atoms with E-state index in [2.05, 4.69) is 42.2 Å². The third kappa shape index (κ3) is 3.13. The second-order valence-corrected chi connectivity index (χ2v) is 6.75. The van der Waals surface area contributed by atoms with Crippen molar-refractivity contribution in [3.63, 3.8) is 0 Å². The molecule has 1 aromatic carbocycles. The van der Waals surface area contributed by atoms with E-state index < -0.39 is 0 Å². The van der Waals surface area contributed by atoms with Crippen LogP contribution in [-0.2, 0) is 6.54 Å². The number of anilines is 1. The van der Waals surface area contributed by atoms with Gasteiger partial charge in [-0.1, -0.05) is 15.9 Å². The Morgan fingerprint density at radius 3 is 2.85 bits per heavy atom. The molecule has 20 heavy (non-hydrogen) atoms. The SMILES string of the molecule is Brc1ccc(-c2ccc(CNc3nccs3)o2)c(Br)c1. The van der Waals surface area contributed by atoms with E-state index in [0.717, 1.165) is 31.2 Å². The normalized spacial score (nSPS) is 10.7. The number of thiazole rings is 1. The number of furan rings is 1. The highest BCUT2D eigenvalue weighted by Gasteiger charge is 2.09. The average Bonchev–Trinajstić information content (AvgIpc) is 3.07. The van der Waals surface area contributed by atoms with Crippen molar-refractivity contribution in [2.24, 2.45) is 0 Å². The van der Waals surface area contributed by atoms with Gasteiger partial charge in [-0.3, -0.25) is 0 Å². The fourth-order valence-corrected chi connectivity index (χ4v) is 3.55. The van der Waals surface area contributed by atoms with Crippen LogP contribution in [0.2, 0.25) is 0 Å². The maximum absolute atomic E-state index is 5.86. The molecule has 6 heteroatoms. The molecule has 0 saturated heterocycles. The third-order valence-electron chi connectivity index (χ3n) is 2.70. The molecule has 3 rings (SSSR count). The minimum atomic E-state index is 0.627. The van der Waals surface area contributed by atoms with Gasteiger partial charge in [0.25, 0.3) is 0 Å². The van der Waals surface area contributed by atoms with Crippen molar-refractivity contribution < 1.29 is 4.42 Å². The molecule has 0 spiro atoms. The van der Waals surface area contributed by atoms with E-state index in [1.165, 1.54) is 0 Å². The molecule has 0 aliphatic carbocycles. The lowest BCUT2D eigenvalue weighted by atomic mass is 10.2. The van der Waals surface area contributed by atoms with Crippen molar-refractivity contribution in [1.82, 2.24) is 4.98 Å². The van der Waals surface area contributed by atoms with Crippen molar-refractivity contribution in [1.29, 1.82) is 0 Å². The molecule has 0 saturated carbocycles. The summed E-state index contributed by atoms with van der Waals surface area (Å²) in [6, 6.07) is 9.98. The molecule has 0 atom stereocenters. The van der Waals surface area contributed by atoms with Crippen molar-refractivity contribution in [3.8, 4) is 11.3 Å². The largest absolute Gasteiger partial charge is 0.459 e. The van der Waals surface area contributed by atoms with Gasteiger partial charge < -0.3 is 9.73 Å². The zero-order valence-electron chi connectivity index (χ0n) is 10.3. The van der Waals surface area contributed by atoms with Crippen molar-refractivity contribution in [2.75, 3.05) is 5.32 Å². The highest BCUT2D eigenvalue weighted by molar-refractivity contribution is 9.11. The monoisotopic (exact) mass is 412 g/mol. The zero-order valence-corrected chi connectivity index (χ0v) is 14.3. The van der Waals surface area contributed by atoms with Crippen LogP contribution < -0.4 is 5.32 Å². The van der Waals surface area contributed by atoms with Crippen LogP contribution in [-0.4, -0.2) is 4.98 Å². The molecule has 2 aromatic heterocycles. The summed E-state index contributed by atoms with van der Waals surface area (Å²) in [5, 5.41) is 6.06. The molecule has 0 aliphatic heterocycles. The van der Waals surface area contributed by atoms with Crippen LogP contribution in [0.1, 0.15) is 5.76 Å². The summed E-state index contributed by atoms with van der Waals surface area (Å²) in [5.41, 5.74) is 1.04. The van der Waals surface area contributed by atoms with Crippen LogP contribution in [0.25, 0.3) is 11.3 Å². The van der Waals surface area contributed by atoms with Crippen molar-refractivity contribution in [2.45, 2.75) is 6.54 Å². The summed E-state index contributed by atoms with van der Waals surface area (Å²) in [6.45, 7) is 0.627. The Morgan fingerprint density at radius 2 is 2.10 bits per heavy atom. The number of nitrogens with zero attached hydrogens (tertiary/aromatic N) is 1. The molecule has 102 valence electrons. The second kappa shape index (κ2) is 6.11. The molecule has 0 unspecified atom stereocenters. The number of hydrogen-bond acceptors (Lipinski definition) is 4. The van der Waals surface area contributed by atoms with Gasteiger partial charge in [0.15, 0.2) is 5.13 Å². The Hall–Kier alpha value is -1.11. The van der Waals surface area contributed by atoms with E-state index in [1.807, 2.05) is 35.7 Å². The third-order valence-corrected chi connectivity index (χ3v) is 4.58. The van der Waals surface area contributed by atoms with Crippen molar-refractivity contribution >= 4 is 48.3 Å². The smallest absolute Gasteiger partial charge is 0.182 e. The predicted octanol–water partition coefficient (Wildman–Crippen LogP) is 5.54. The average molecular weight is 414 g/mol. The summed E-state index contributed by atoms with van der Waals surface area (Å²) in [5.74, 6) is 1.73. The van der Waals surface area contributed by atoms with Crippen LogP contribution >= 0.6 is 43.2 Å². The maximum atomic E-state index is 5.86. The summed E-state index contributed by atoms with van der Waals surface area (Å²) in [4.78, 5) is 4.17. The van der Waals surface area contributed by atoms with Gasteiger partial charge in [0.2, 0.25) is 0 Å². The lowest BCUT2D eigenvalue weighted by Gasteiger charge is -2.02. The van der Waals surface area contributed by atoms with Gasteiger partial charge in [0.1, 0.15) is 11.5 Å². The van der Waals surface area contributed by atoms with Gasteiger partial charge in [-0.2, -0.15) is 0 Å². The van der Waals surface area contributed by atoms with E-state index >= 15 is 0 Å². The zero-order chi connectivity index (χ0) is 13.9. The molecule has 0 radical (unpaired) electrons. The van der Waals surface area contributed by atoms with E-state index in [4.69, 9.17) is 4.42 Å².